The first kappa shape index (κ1) is 20.4. The van der Waals surface area contributed by atoms with E-state index in [0.717, 1.165) is 20.8 Å². The van der Waals surface area contributed by atoms with Crippen molar-refractivity contribution in [2.45, 2.75) is 58.2 Å². The van der Waals surface area contributed by atoms with Crippen LogP contribution in [0.25, 0.3) is 0 Å². The molecule has 0 amide bonds. The van der Waals surface area contributed by atoms with Crippen molar-refractivity contribution in [3.05, 3.63) is 0 Å². The van der Waals surface area contributed by atoms with E-state index in [1.807, 2.05) is 0 Å². The van der Waals surface area contributed by atoms with Crippen LogP contribution < -0.4 is 0 Å². The van der Waals surface area contributed by atoms with Gasteiger partial charge < -0.3 is 23.7 Å². The Kier molecular flexibility index (Phi) is 7.39. The van der Waals surface area contributed by atoms with Crippen LogP contribution in [0.5, 0.6) is 0 Å². The second kappa shape index (κ2) is 9.03. The SMILES string of the molecule is C#C[C@H]1O[C@@H](COC(C)=O)[C@H](OC(C)=O)[C@@H](OC(C)=O)[C@@H]1OC(C)=O. The Labute approximate surface area is 144 Å². The quantitative estimate of drug-likeness (QED) is 0.373. The molecule has 1 aliphatic heterocycles. The first-order valence-electron chi connectivity index (χ1n) is 7.42. The number of carbonyl (C=O) groups is 4. The molecule has 0 spiro atoms. The number of terminal acetylenes is 1. The van der Waals surface area contributed by atoms with Gasteiger partial charge in [0.25, 0.3) is 0 Å². The third-order valence-electron chi connectivity index (χ3n) is 3.16. The van der Waals surface area contributed by atoms with Gasteiger partial charge in [-0.05, 0) is 0 Å². The predicted molar refractivity (Wildman–Crippen MR) is 80.8 cm³/mol. The van der Waals surface area contributed by atoms with Crippen LogP contribution in [-0.4, -0.2) is 61.0 Å². The Bertz CT molecular complexity index is 577. The lowest BCUT2D eigenvalue weighted by Crippen LogP contribution is -2.62. The Morgan fingerprint density at radius 3 is 1.76 bits per heavy atom. The van der Waals surface area contributed by atoms with Crippen LogP contribution in [0.3, 0.4) is 0 Å². The molecule has 0 unspecified atom stereocenters. The lowest BCUT2D eigenvalue weighted by molar-refractivity contribution is -0.242. The van der Waals surface area contributed by atoms with Gasteiger partial charge in [0.2, 0.25) is 0 Å². The molecule has 1 fully saturated rings. The zero-order chi connectivity index (χ0) is 19.1. The number of carbonyl (C=O) groups excluding carboxylic acids is 4. The summed E-state index contributed by atoms with van der Waals surface area (Å²) >= 11 is 0. The molecule has 0 radical (unpaired) electrons. The number of ether oxygens (including phenoxy) is 5. The largest absolute Gasteiger partial charge is 0.463 e. The van der Waals surface area contributed by atoms with Crippen LogP contribution >= 0.6 is 0 Å². The van der Waals surface area contributed by atoms with E-state index >= 15 is 0 Å². The maximum atomic E-state index is 11.5. The van der Waals surface area contributed by atoms with E-state index in [-0.39, 0.29) is 6.61 Å². The van der Waals surface area contributed by atoms with Gasteiger partial charge in [0.05, 0.1) is 0 Å². The van der Waals surface area contributed by atoms with Crippen LogP contribution in [0.4, 0.5) is 0 Å². The van der Waals surface area contributed by atoms with Crippen molar-refractivity contribution in [3.63, 3.8) is 0 Å². The highest BCUT2D eigenvalue weighted by molar-refractivity contribution is 5.68. The van der Waals surface area contributed by atoms with Gasteiger partial charge in [-0.3, -0.25) is 19.2 Å². The molecule has 9 nitrogen and oxygen atoms in total. The topological polar surface area (TPSA) is 114 Å². The van der Waals surface area contributed by atoms with E-state index in [4.69, 9.17) is 30.1 Å². The lowest BCUT2D eigenvalue weighted by atomic mass is 9.94. The van der Waals surface area contributed by atoms with Crippen molar-refractivity contribution in [2.75, 3.05) is 6.61 Å². The molecule has 9 heteroatoms. The summed E-state index contributed by atoms with van der Waals surface area (Å²) in [5.74, 6) is -0.396. The van der Waals surface area contributed by atoms with E-state index < -0.39 is 54.4 Å². The van der Waals surface area contributed by atoms with Crippen molar-refractivity contribution in [1.29, 1.82) is 0 Å². The van der Waals surface area contributed by atoms with Crippen molar-refractivity contribution < 1.29 is 42.9 Å². The highest BCUT2D eigenvalue weighted by Gasteiger charge is 2.51. The summed E-state index contributed by atoms with van der Waals surface area (Å²) in [6.07, 6.45) is -0.298. The molecule has 0 bridgehead atoms. The molecule has 0 aromatic rings. The standard InChI is InChI=1S/C16H20O9/c1-6-12-14(22-9(3)18)16(24-11(5)20)15(23-10(4)19)13(25-12)7-21-8(2)17/h1,12-16H,7H2,2-5H3/t12-,13+,14-,15+,16+/m1/s1. The van der Waals surface area contributed by atoms with Crippen molar-refractivity contribution in [3.8, 4) is 12.3 Å². The second-order valence-corrected chi connectivity index (χ2v) is 5.29. The molecule has 0 aromatic heterocycles. The number of hydrogen-bond donors (Lipinski definition) is 0. The van der Waals surface area contributed by atoms with E-state index in [1.165, 1.54) is 6.92 Å². The summed E-state index contributed by atoms with van der Waals surface area (Å²) in [6.45, 7) is 4.31. The molecule has 0 aliphatic carbocycles. The smallest absolute Gasteiger partial charge is 0.303 e. The van der Waals surface area contributed by atoms with Crippen molar-refractivity contribution in [1.82, 2.24) is 0 Å². The van der Waals surface area contributed by atoms with Gasteiger partial charge in [0, 0.05) is 27.7 Å². The molecule has 138 valence electrons. The Hall–Kier alpha value is -2.60. The first-order chi connectivity index (χ1) is 11.6. The fourth-order valence-electron chi connectivity index (χ4n) is 2.36. The van der Waals surface area contributed by atoms with E-state index in [1.54, 1.807) is 0 Å². The number of hydrogen-bond acceptors (Lipinski definition) is 9. The minimum absolute atomic E-state index is 0.296. The molecule has 1 saturated heterocycles. The maximum Gasteiger partial charge on any atom is 0.303 e. The third kappa shape index (κ3) is 6.08. The number of rotatable bonds is 5. The van der Waals surface area contributed by atoms with Crippen LogP contribution in [-0.2, 0) is 42.9 Å². The van der Waals surface area contributed by atoms with Gasteiger partial charge in [-0.1, -0.05) is 5.92 Å². The van der Waals surface area contributed by atoms with Crippen molar-refractivity contribution >= 4 is 23.9 Å². The molecule has 25 heavy (non-hydrogen) atoms. The van der Waals surface area contributed by atoms with Gasteiger partial charge in [-0.2, -0.15) is 0 Å². The maximum absolute atomic E-state index is 11.5. The summed E-state index contributed by atoms with van der Waals surface area (Å²) in [5, 5.41) is 0. The average molecular weight is 356 g/mol. The predicted octanol–water partition coefficient (Wildman–Crippen LogP) is -0.255. The molecule has 1 heterocycles. The number of esters is 4. The summed E-state index contributed by atoms with van der Waals surface area (Å²) in [4.78, 5) is 45.3. The average Bonchev–Trinajstić information content (AvgIpc) is 2.48. The van der Waals surface area contributed by atoms with Crippen molar-refractivity contribution in [2.24, 2.45) is 0 Å². The summed E-state index contributed by atoms with van der Waals surface area (Å²) in [5.41, 5.74) is 0. The zero-order valence-electron chi connectivity index (χ0n) is 14.3. The Morgan fingerprint density at radius 2 is 1.32 bits per heavy atom. The van der Waals surface area contributed by atoms with Gasteiger partial charge in [0.1, 0.15) is 12.7 Å². The highest BCUT2D eigenvalue weighted by atomic mass is 16.7. The van der Waals surface area contributed by atoms with E-state index in [2.05, 4.69) is 5.92 Å². The van der Waals surface area contributed by atoms with Crippen LogP contribution in [0.1, 0.15) is 27.7 Å². The Balaban J connectivity index is 3.21. The van der Waals surface area contributed by atoms with E-state index in [0.29, 0.717) is 0 Å². The monoisotopic (exact) mass is 356 g/mol. The fourth-order valence-corrected chi connectivity index (χ4v) is 2.36. The summed E-state index contributed by atoms with van der Waals surface area (Å²) < 4.78 is 25.9. The molecular weight excluding hydrogens is 336 g/mol. The molecule has 0 aromatic carbocycles. The zero-order valence-corrected chi connectivity index (χ0v) is 14.3. The Morgan fingerprint density at radius 1 is 0.840 bits per heavy atom. The van der Waals surface area contributed by atoms with Crippen LogP contribution in [0.15, 0.2) is 0 Å². The lowest BCUT2D eigenvalue weighted by Gasteiger charge is -2.42. The molecule has 1 aliphatic rings. The third-order valence-corrected chi connectivity index (χ3v) is 3.16. The van der Waals surface area contributed by atoms with Gasteiger partial charge in [-0.15, -0.1) is 6.42 Å². The second-order valence-electron chi connectivity index (χ2n) is 5.29. The van der Waals surface area contributed by atoms with Gasteiger partial charge in [-0.25, -0.2) is 0 Å². The van der Waals surface area contributed by atoms with Gasteiger partial charge in [0.15, 0.2) is 24.4 Å². The normalized spacial score (nSPS) is 28.2. The summed E-state index contributed by atoms with van der Waals surface area (Å²) in [6, 6.07) is 0. The van der Waals surface area contributed by atoms with Gasteiger partial charge >= 0.3 is 23.9 Å². The molecule has 1 rings (SSSR count). The first-order valence-corrected chi connectivity index (χ1v) is 7.42. The fraction of sp³-hybridized carbons (Fsp3) is 0.625. The minimum Gasteiger partial charge on any atom is -0.463 e. The molecular formula is C16H20O9. The highest BCUT2D eigenvalue weighted by Crippen LogP contribution is 2.28. The molecule has 5 atom stereocenters. The molecule has 0 N–H and O–H groups in total. The van der Waals surface area contributed by atoms with E-state index in [9.17, 15) is 19.2 Å². The minimum atomic E-state index is -1.22. The molecule has 0 saturated carbocycles. The summed E-state index contributed by atoms with van der Waals surface area (Å²) in [7, 11) is 0. The van der Waals surface area contributed by atoms with Crippen LogP contribution in [0.2, 0.25) is 0 Å². The van der Waals surface area contributed by atoms with Crippen LogP contribution in [0, 0.1) is 12.3 Å².